The number of alkyl halides is 3. The molecule has 0 saturated heterocycles. The maximum Gasteiger partial charge on any atom is 0.408 e. The van der Waals surface area contributed by atoms with Crippen LogP contribution in [0.4, 0.5) is 26.7 Å². The number of hydrogen-bond donors (Lipinski definition) is 1. The molecule has 0 bridgehead atoms. The molecule has 2 aromatic rings. The van der Waals surface area contributed by atoms with Gasteiger partial charge < -0.3 is 9.67 Å². The van der Waals surface area contributed by atoms with E-state index in [1.165, 1.54) is 16.7 Å². The Labute approximate surface area is 175 Å². The molecule has 31 heavy (non-hydrogen) atoms. The number of benzene rings is 1. The molecule has 2 atom stereocenters. The number of carboxylic acid groups (broad SMARTS) is 1. The van der Waals surface area contributed by atoms with Crippen molar-refractivity contribution < 1.29 is 31.9 Å². The third-order valence-corrected chi connectivity index (χ3v) is 5.37. The van der Waals surface area contributed by atoms with Gasteiger partial charge in [0.2, 0.25) is 0 Å². The van der Waals surface area contributed by atoms with E-state index >= 15 is 0 Å². The molecule has 1 aromatic heterocycles. The Hall–Kier alpha value is -2.72. The molecule has 170 valence electrons. The van der Waals surface area contributed by atoms with E-state index in [0.29, 0.717) is 0 Å². The molecule has 3 rings (SSSR count). The summed E-state index contributed by atoms with van der Waals surface area (Å²) in [5, 5.41) is 17.4. The lowest BCUT2D eigenvalue weighted by atomic mass is 9.91. The van der Waals surface area contributed by atoms with Crippen LogP contribution in [0.25, 0.3) is 0 Å². The van der Waals surface area contributed by atoms with Crippen molar-refractivity contribution in [1.82, 2.24) is 19.7 Å². The quantitative estimate of drug-likeness (QED) is 0.670. The number of nitrogens with zero attached hydrogens (tertiary/aromatic N) is 4. The lowest BCUT2D eigenvalue weighted by molar-refractivity contribution is -0.129. The van der Waals surface area contributed by atoms with Gasteiger partial charge in [0, 0.05) is 18.0 Å². The second-order valence-corrected chi connectivity index (χ2v) is 8.63. The van der Waals surface area contributed by atoms with Crippen molar-refractivity contribution in [2.24, 2.45) is 0 Å². The van der Waals surface area contributed by atoms with Gasteiger partial charge in [0.25, 0.3) is 0 Å². The van der Waals surface area contributed by atoms with E-state index in [-0.39, 0.29) is 30.8 Å². The molecule has 0 radical (unpaired) electrons. The van der Waals surface area contributed by atoms with Crippen molar-refractivity contribution >= 4 is 6.09 Å². The Morgan fingerprint density at radius 2 is 1.87 bits per heavy atom. The van der Waals surface area contributed by atoms with Crippen LogP contribution in [0.2, 0.25) is 0 Å². The standard InChI is InChI=1S/C20H23F5N4O2/c1-19(2,3)29(18(30)31)14-8-7-11(12-5-4-6-13(21)16(12)22)10-28-15(9-20(23,24)25)26-27-17(14)28/h4-6,11,14H,7-10H2,1-3H3,(H,30,31)/t11-,14-/m1/s1. The van der Waals surface area contributed by atoms with Gasteiger partial charge >= 0.3 is 12.3 Å². The van der Waals surface area contributed by atoms with E-state index in [9.17, 15) is 31.9 Å². The Bertz CT molecular complexity index is 967. The molecule has 0 unspecified atom stereocenters. The number of fused-ring (bicyclic) bond motifs is 1. The molecular formula is C20H23F5N4O2. The number of aromatic nitrogens is 3. The van der Waals surface area contributed by atoms with Crippen molar-refractivity contribution in [1.29, 1.82) is 0 Å². The van der Waals surface area contributed by atoms with Crippen molar-refractivity contribution in [2.45, 2.75) is 70.3 Å². The molecule has 0 fully saturated rings. The monoisotopic (exact) mass is 446 g/mol. The fraction of sp³-hybridized carbons (Fsp3) is 0.550. The van der Waals surface area contributed by atoms with Crippen LogP contribution in [-0.2, 0) is 13.0 Å². The highest BCUT2D eigenvalue weighted by atomic mass is 19.4. The minimum atomic E-state index is -4.57. The zero-order chi connectivity index (χ0) is 23.1. The summed E-state index contributed by atoms with van der Waals surface area (Å²) in [5.74, 6) is -3.13. The Morgan fingerprint density at radius 1 is 1.19 bits per heavy atom. The second kappa shape index (κ2) is 8.08. The van der Waals surface area contributed by atoms with Crippen LogP contribution in [0.3, 0.4) is 0 Å². The first-order chi connectivity index (χ1) is 14.3. The zero-order valence-corrected chi connectivity index (χ0v) is 17.2. The van der Waals surface area contributed by atoms with Crippen LogP contribution in [-0.4, -0.2) is 42.6 Å². The van der Waals surface area contributed by atoms with E-state index in [0.717, 1.165) is 11.0 Å². The topological polar surface area (TPSA) is 71.2 Å². The van der Waals surface area contributed by atoms with Gasteiger partial charge in [0.05, 0.1) is 6.04 Å². The van der Waals surface area contributed by atoms with Crippen LogP contribution < -0.4 is 0 Å². The number of halogens is 5. The van der Waals surface area contributed by atoms with Gasteiger partial charge in [-0.15, -0.1) is 10.2 Å². The minimum Gasteiger partial charge on any atom is -0.465 e. The van der Waals surface area contributed by atoms with Crippen molar-refractivity contribution in [3.8, 4) is 0 Å². The third kappa shape index (κ3) is 4.80. The van der Waals surface area contributed by atoms with Crippen LogP contribution in [0.1, 0.15) is 62.8 Å². The van der Waals surface area contributed by atoms with Crippen LogP contribution in [0.5, 0.6) is 0 Å². The summed E-state index contributed by atoms with van der Waals surface area (Å²) in [7, 11) is 0. The van der Waals surface area contributed by atoms with Gasteiger partial charge in [-0.2, -0.15) is 13.2 Å². The Kier molecular flexibility index (Phi) is 5.98. The maximum absolute atomic E-state index is 14.5. The summed E-state index contributed by atoms with van der Waals surface area (Å²) in [6, 6.07) is 2.78. The van der Waals surface area contributed by atoms with E-state index < -0.39 is 53.6 Å². The first kappa shape index (κ1) is 23.0. The van der Waals surface area contributed by atoms with Gasteiger partial charge in [0.15, 0.2) is 17.5 Å². The average Bonchev–Trinajstić information content (AvgIpc) is 2.88. The SMILES string of the molecule is CC(C)(C)N(C(=O)O)[C@@H]1CC[C@@H](c2cccc(F)c2F)Cn2c(CC(F)(F)F)nnc21. The summed E-state index contributed by atoms with van der Waals surface area (Å²) in [6.45, 7) is 4.86. The van der Waals surface area contributed by atoms with Gasteiger partial charge in [0.1, 0.15) is 12.2 Å². The molecule has 1 amide bonds. The highest BCUT2D eigenvalue weighted by Gasteiger charge is 2.41. The summed E-state index contributed by atoms with van der Waals surface area (Å²) in [5.41, 5.74) is -0.864. The molecule has 2 heterocycles. The van der Waals surface area contributed by atoms with Gasteiger partial charge in [-0.3, -0.25) is 4.90 Å². The molecular weight excluding hydrogens is 423 g/mol. The Balaban J connectivity index is 2.12. The lowest BCUT2D eigenvalue weighted by Gasteiger charge is -2.38. The molecule has 0 saturated carbocycles. The predicted molar refractivity (Wildman–Crippen MR) is 100 cm³/mol. The number of hydrogen-bond acceptors (Lipinski definition) is 3. The van der Waals surface area contributed by atoms with E-state index in [1.807, 2.05) is 0 Å². The average molecular weight is 446 g/mol. The van der Waals surface area contributed by atoms with E-state index in [2.05, 4.69) is 10.2 Å². The van der Waals surface area contributed by atoms with Crippen molar-refractivity contribution in [3.05, 3.63) is 47.0 Å². The third-order valence-electron chi connectivity index (χ3n) is 5.37. The van der Waals surface area contributed by atoms with Crippen LogP contribution >= 0.6 is 0 Å². The number of carbonyl (C=O) groups is 1. The molecule has 1 aliphatic rings. The molecule has 1 aromatic carbocycles. The summed E-state index contributed by atoms with van der Waals surface area (Å²) >= 11 is 0. The summed E-state index contributed by atoms with van der Waals surface area (Å²) in [4.78, 5) is 13.2. The minimum absolute atomic E-state index is 0.0240. The Morgan fingerprint density at radius 3 is 2.45 bits per heavy atom. The number of amides is 1. The van der Waals surface area contributed by atoms with E-state index in [1.54, 1.807) is 20.8 Å². The fourth-order valence-corrected chi connectivity index (χ4v) is 4.13. The smallest absolute Gasteiger partial charge is 0.408 e. The van der Waals surface area contributed by atoms with Gasteiger partial charge in [-0.05, 0) is 45.2 Å². The molecule has 1 aliphatic heterocycles. The summed E-state index contributed by atoms with van der Waals surface area (Å²) < 4.78 is 68.8. The van der Waals surface area contributed by atoms with Crippen molar-refractivity contribution in [2.75, 3.05) is 0 Å². The zero-order valence-electron chi connectivity index (χ0n) is 17.2. The molecule has 0 spiro atoms. The second-order valence-electron chi connectivity index (χ2n) is 8.63. The highest BCUT2D eigenvalue weighted by molar-refractivity contribution is 5.66. The first-order valence-electron chi connectivity index (χ1n) is 9.74. The maximum atomic E-state index is 14.5. The molecule has 1 N–H and O–H groups in total. The predicted octanol–water partition coefficient (Wildman–Crippen LogP) is 5.06. The lowest BCUT2D eigenvalue weighted by Crippen LogP contribution is -2.47. The molecule has 11 heteroatoms. The summed E-state index contributed by atoms with van der Waals surface area (Å²) in [6.07, 6.45) is -6.82. The van der Waals surface area contributed by atoms with Gasteiger partial charge in [-0.1, -0.05) is 12.1 Å². The first-order valence-corrected chi connectivity index (χ1v) is 9.74. The van der Waals surface area contributed by atoms with Crippen LogP contribution in [0.15, 0.2) is 18.2 Å². The molecule has 6 nitrogen and oxygen atoms in total. The molecule has 0 aliphatic carbocycles. The highest BCUT2D eigenvalue weighted by Crippen LogP contribution is 2.40. The van der Waals surface area contributed by atoms with Crippen LogP contribution in [0, 0.1) is 11.6 Å². The van der Waals surface area contributed by atoms with Crippen molar-refractivity contribution in [3.63, 3.8) is 0 Å². The van der Waals surface area contributed by atoms with Gasteiger partial charge in [-0.25, -0.2) is 13.6 Å². The number of rotatable bonds is 3. The largest absolute Gasteiger partial charge is 0.465 e. The normalized spacial score (nSPS) is 19.6. The van der Waals surface area contributed by atoms with E-state index in [4.69, 9.17) is 0 Å². The fourth-order valence-electron chi connectivity index (χ4n) is 4.13.